The predicted molar refractivity (Wildman–Crippen MR) is 161 cm³/mol. The fourth-order valence-corrected chi connectivity index (χ4v) is 5.24. The van der Waals surface area contributed by atoms with E-state index < -0.39 is 34.7 Å². The van der Waals surface area contributed by atoms with Crippen molar-refractivity contribution in [3.05, 3.63) is 102 Å². The van der Waals surface area contributed by atoms with E-state index in [9.17, 15) is 22.8 Å². The molecule has 8 nitrogen and oxygen atoms in total. The Bertz CT molecular complexity index is 1800. The highest BCUT2D eigenvalue weighted by atomic mass is 32.1. The average molecular weight is 601 g/mol. The largest absolute Gasteiger partial charge is 0.417 e. The van der Waals surface area contributed by atoms with Crippen LogP contribution in [-0.2, 0) is 11.0 Å². The number of nitrogens with two attached hydrogens (primary N) is 1. The Morgan fingerprint density at radius 1 is 1.02 bits per heavy atom. The molecule has 1 aromatic heterocycles. The van der Waals surface area contributed by atoms with Gasteiger partial charge in [-0.2, -0.15) is 18.4 Å². The van der Waals surface area contributed by atoms with E-state index in [4.69, 9.17) is 23.2 Å². The van der Waals surface area contributed by atoms with Crippen LogP contribution in [0.3, 0.4) is 0 Å². The molecule has 0 spiro atoms. The minimum atomic E-state index is -4.81. The van der Waals surface area contributed by atoms with Crippen LogP contribution in [0.5, 0.6) is 0 Å². The van der Waals surface area contributed by atoms with Crippen LogP contribution in [0.1, 0.15) is 35.3 Å². The second-order valence-corrected chi connectivity index (χ2v) is 10.5. The van der Waals surface area contributed by atoms with Crippen molar-refractivity contribution < 1.29 is 22.8 Å². The highest BCUT2D eigenvalue weighted by Crippen LogP contribution is 2.39. The van der Waals surface area contributed by atoms with E-state index >= 15 is 0 Å². The topological polar surface area (TPSA) is 115 Å². The van der Waals surface area contributed by atoms with E-state index in [0.29, 0.717) is 11.4 Å². The molecule has 1 fully saturated rings. The zero-order valence-electron chi connectivity index (χ0n) is 22.8. The van der Waals surface area contributed by atoms with Crippen molar-refractivity contribution in [1.82, 2.24) is 4.98 Å². The molecule has 0 atom stereocenters. The molecular formula is C31H23F3N6O2S. The number of alkyl halides is 3. The molecule has 1 aliphatic heterocycles. The summed E-state index contributed by atoms with van der Waals surface area (Å²) in [5.41, 5.74) is 5.69. The third kappa shape index (κ3) is 5.38. The van der Waals surface area contributed by atoms with Crippen LogP contribution in [0.4, 0.5) is 36.1 Å². The fourth-order valence-electron chi connectivity index (χ4n) is 4.73. The van der Waals surface area contributed by atoms with Gasteiger partial charge in [0, 0.05) is 6.20 Å². The summed E-state index contributed by atoms with van der Waals surface area (Å²) in [5, 5.41) is 11.8. The number of aromatic nitrogens is 1. The Hall–Kier alpha value is -5.28. The molecule has 0 bridgehead atoms. The highest BCUT2D eigenvalue weighted by molar-refractivity contribution is 7.81. The van der Waals surface area contributed by atoms with Gasteiger partial charge in [-0.25, -0.2) is 4.98 Å². The average Bonchev–Trinajstić information content (AvgIpc) is 3.16. The van der Waals surface area contributed by atoms with Gasteiger partial charge < -0.3 is 11.1 Å². The number of nitrogens with one attached hydrogen (secondary N) is 1. The minimum Gasteiger partial charge on any atom is -0.397 e. The van der Waals surface area contributed by atoms with Crippen molar-refractivity contribution in [2.75, 3.05) is 20.9 Å². The highest BCUT2D eigenvalue weighted by Gasteiger charge is 2.51. The van der Waals surface area contributed by atoms with E-state index in [0.717, 1.165) is 28.2 Å². The summed E-state index contributed by atoms with van der Waals surface area (Å²) in [6.07, 6.45) is -3.51. The third-order valence-electron chi connectivity index (χ3n) is 7.00. The number of amides is 2. The molecule has 1 saturated heterocycles. The molecule has 0 saturated carbocycles. The zero-order chi connectivity index (χ0) is 31.1. The number of nitrogens with zero attached hydrogens (tertiary/aromatic N) is 4. The van der Waals surface area contributed by atoms with E-state index in [1.165, 1.54) is 35.4 Å². The van der Waals surface area contributed by atoms with Crippen LogP contribution in [0.25, 0.3) is 11.1 Å². The SMILES string of the molecule is CC1(C)C(=O)N(c2ccc(C#N)c(C(F)(F)F)c2)C(=S)N1c1ccc(C(=O)Nc2cc(-c3ccccc3)ccc2N)cn1. The first-order chi connectivity index (χ1) is 20.3. The van der Waals surface area contributed by atoms with Crippen molar-refractivity contribution in [3.63, 3.8) is 0 Å². The van der Waals surface area contributed by atoms with Crippen molar-refractivity contribution in [2.45, 2.75) is 25.6 Å². The van der Waals surface area contributed by atoms with Crippen LogP contribution in [0.2, 0.25) is 0 Å². The summed E-state index contributed by atoms with van der Waals surface area (Å²) >= 11 is 5.54. The first-order valence-electron chi connectivity index (χ1n) is 12.9. The van der Waals surface area contributed by atoms with Gasteiger partial charge in [-0.1, -0.05) is 36.4 Å². The minimum absolute atomic E-state index is 0.108. The molecular weight excluding hydrogens is 577 g/mol. The number of rotatable bonds is 5. The maximum Gasteiger partial charge on any atom is 0.417 e. The van der Waals surface area contributed by atoms with Gasteiger partial charge in [-0.05, 0) is 79.7 Å². The number of hydrogen-bond acceptors (Lipinski definition) is 6. The number of halogens is 3. The van der Waals surface area contributed by atoms with Gasteiger partial charge in [0.25, 0.3) is 11.8 Å². The molecule has 2 heterocycles. The van der Waals surface area contributed by atoms with Crippen molar-refractivity contribution in [1.29, 1.82) is 5.26 Å². The van der Waals surface area contributed by atoms with Gasteiger partial charge in [-0.3, -0.25) is 19.4 Å². The molecule has 0 unspecified atom stereocenters. The van der Waals surface area contributed by atoms with Gasteiger partial charge in [0.05, 0.1) is 39.8 Å². The molecule has 1 aliphatic rings. The Kier molecular flexibility index (Phi) is 7.37. The normalized spacial score (nSPS) is 14.5. The summed E-state index contributed by atoms with van der Waals surface area (Å²) in [7, 11) is 0. The molecule has 12 heteroatoms. The predicted octanol–water partition coefficient (Wildman–Crippen LogP) is 6.39. The van der Waals surface area contributed by atoms with Crippen LogP contribution in [0, 0.1) is 11.3 Å². The maximum absolute atomic E-state index is 13.6. The summed E-state index contributed by atoms with van der Waals surface area (Å²) in [6, 6.07) is 22.4. The molecule has 216 valence electrons. The van der Waals surface area contributed by atoms with Crippen LogP contribution >= 0.6 is 12.2 Å². The summed E-state index contributed by atoms with van der Waals surface area (Å²) in [5.74, 6) is -0.861. The standard InChI is InChI=1S/C31H23F3N6O2S/c1-30(2)28(42)39(22-11-8-20(16-35)23(15-22)31(32,33)34)29(43)40(30)26-13-10-21(17-37-26)27(41)38-25-14-19(9-12-24(25)36)18-6-4-3-5-7-18/h3-15,17H,36H2,1-2H3,(H,38,41). The number of carbonyl (C=O) groups is 2. The third-order valence-corrected chi connectivity index (χ3v) is 7.37. The maximum atomic E-state index is 13.6. The monoisotopic (exact) mass is 600 g/mol. The second-order valence-electron chi connectivity index (χ2n) is 10.2. The lowest BCUT2D eigenvalue weighted by Gasteiger charge is -2.28. The Balaban J connectivity index is 1.40. The molecule has 5 rings (SSSR count). The Labute approximate surface area is 250 Å². The lowest BCUT2D eigenvalue weighted by Crippen LogP contribution is -2.44. The lowest BCUT2D eigenvalue weighted by atomic mass is 10.0. The number of benzene rings is 3. The van der Waals surface area contributed by atoms with E-state index in [2.05, 4.69) is 10.3 Å². The van der Waals surface area contributed by atoms with E-state index in [-0.39, 0.29) is 22.2 Å². The number of thiocarbonyl (C=S) groups is 1. The Morgan fingerprint density at radius 2 is 1.74 bits per heavy atom. The van der Waals surface area contributed by atoms with Crippen LogP contribution in [0.15, 0.2) is 85.1 Å². The molecule has 0 radical (unpaired) electrons. The molecule has 2 amide bonds. The van der Waals surface area contributed by atoms with Gasteiger partial charge in [0.1, 0.15) is 11.4 Å². The van der Waals surface area contributed by atoms with Gasteiger partial charge in [-0.15, -0.1) is 0 Å². The molecule has 4 aromatic rings. The molecule has 0 aliphatic carbocycles. The van der Waals surface area contributed by atoms with E-state index in [1.54, 1.807) is 26.0 Å². The first kappa shape index (κ1) is 29.2. The summed E-state index contributed by atoms with van der Waals surface area (Å²) < 4.78 is 40.8. The number of hydrogen-bond donors (Lipinski definition) is 2. The van der Waals surface area contributed by atoms with Crippen LogP contribution < -0.4 is 20.9 Å². The number of carbonyl (C=O) groups excluding carboxylic acids is 2. The Morgan fingerprint density at radius 3 is 2.37 bits per heavy atom. The van der Waals surface area contributed by atoms with Gasteiger partial charge in [0.2, 0.25) is 0 Å². The smallest absolute Gasteiger partial charge is 0.397 e. The van der Waals surface area contributed by atoms with Crippen molar-refractivity contribution >= 4 is 52.0 Å². The van der Waals surface area contributed by atoms with Crippen LogP contribution in [-0.4, -0.2) is 27.4 Å². The fraction of sp³-hybridized carbons (Fsp3) is 0.129. The number of anilines is 4. The molecule has 3 aromatic carbocycles. The summed E-state index contributed by atoms with van der Waals surface area (Å²) in [4.78, 5) is 33.2. The summed E-state index contributed by atoms with van der Waals surface area (Å²) in [6.45, 7) is 3.11. The zero-order valence-corrected chi connectivity index (χ0v) is 23.6. The van der Waals surface area contributed by atoms with Crippen molar-refractivity contribution in [3.8, 4) is 17.2 Å². The number of pyridine rings is 1. The quantitative estimate of drug-likeness (QED) is 0.202. The molecule has 3 N–H and O–H groups in total. The number of nitrogen functional groups attached to an aromatic ring is 1. The second kappa shape index (κ2) is 10.8. The first-order valence-corrected chi connectivity index (χ1v) is 13.3. The molecule has 43 heavy (non-hydrogen) atoms. The van der Waals surface area contributed by atoms with E-state index in [1.807, 2.05) is 36.4 Å². The number of nitriles is 1. The lowest BCUT2D eigenvalue weighted by molar-refractivity contribution is -0.137. The van der Waals surface area contributed by atoms with Gasteiger partial charge in [0.15, 0.2) is 5.11 Å². The van der Waals surface area contributed by atoms with Gasteiger partial charge >= 0.3 is 6.18 Å². The van der Waals surface area contributed by atoms with Crippen molar-refractivity contribution in [2.24, 2.45) is 0 Å².